The number of carbonyl (C=O) groups is 2. The van der Waals surface area contributed by atoms with Gasteiger partial charge in [0.2, 0.25) is 11.8 Å². The molecule has 0 N–H and O–H groups in total. The van der Waals surface area contributed by atoms with E-state index in [-0.39, 0.29) is 23.8 Å². The van der Waals surface area contributed by atoms with Gasteiger partial charge in [0.25, 0.3) is 0 Å². The van der Waals surface area contributed by atoms with Gasteiger partial charge >= 0.3 is 0 Å². The van der Waals surface area contributed by atoms with Gasteiger partial charge in [-0.15, -0.1) is 0 Å². The maximum absolute atomic E-state index is 12.9. The number of rotatable bonds is 4. The Morgan fingerprint density at radius 1 is 0.958 bits per heavy atom. The molecule has 0 radical (unpaired) electrons. The first kappa shape index (κ1) is 15.7. The first-order valence-corrected chi connectivity index (χ1v) is 9.35. The Balaban J connectivity index is 1.35. The Morgan fingerprint density at radius 3 is 2.50 bits per heavy atom. The summed E-state index contributed by atoms with van der Waals surface area (Å²) < 4.78 is 0. The highest BCUT2D eigenvalue weighted by Gasteiger charge is 2.42. The van der Waals surface area contributed by atoms with E-state index in [2.05, 4.69) is 24.3 Å². The van der Waals surface area contributed by atoms with Crippen LogP contribution in [0.2, 0.25) is 0 Å². The van der Waals surface area contributed by atoms with E-state index in [0.29, 0.717) is 5.92 Å². The summed E-state index contributed by atoms with van der Waals surface area (Å²) in [5, 5.41) is 0. The largest absolute Gasteiger partial charge is 0.341 e. The molecule has 4 rings (SSSR count). The molecule has 0 bridgehead atoms. The Hall–Kier alpha value is -1.84. The van der Waals surface area contributed by atoms with Crippen LogP contribution in [0.25, 0.3) is 0 Å². The number of hydrogen-bond acceptors (Lipinski definition) is 2. The fourth-order valence-electron chi connectivity index (χ4n) is 4.21. The summed E-state index contributed by atoms with van der Waals surface area (Å²) in [6.07, 6.45) is 5.95. The van der Waals surface area contributed by atoms with Crippen molar-refractivity contribution in [3.05, 3.63) is 35.9 Å². The van der Waals surface area contributed by atoms with Gasteiger partial charge in [-0.2, -0.15) is 0 Å². The number of benzene rings is 1. The predicted octanol–water partition coefficient (Wildman–Crippen LogP) is 2.48. The zero-order valence-electron chi connectivity index (χ0n) is 14.2. The molecule has 1 aromatic rings. The van der Waals surface area contributed by atoms with Gasteiger partial charge in [0.05, 0.1) is 0 Å². The molecule has 24 heavy (non-hydrogen) atoms. The van der Waals surface area contributed by atoms with Crippen LogP contribution in [0, 0.1) is 11.8 Å². The van der Waals surface area contributed by atoms with E-state index in [1.54, 1.807) is 0 Å². The Labute approximate surface area is 143 Å². The molecular weight excluding hydrogens is 300 g/mol. The first-order chi connectivity index (χ1) is 11.7. The fourth-order valence-corrected chi connectivity index (χ4v) is 4.21. The third-order valence-electron chi connectivity index (χ3n) is 5.71. The molecule has 2 saturated heterocycles. The number of carbonyl (C=O) groups excluding carboxylic acids is 2. The van der Waals surface area contributed by atoms with Crippen LogP contribution in [0.5, 0.6) is 0 Å². The summed E-state index contributed by atoms with van der Waals surface area (Å²) in [6, 6.07) is 10.3. The minimum atomic E-state index is -0.187. The molecule has 4 nitrogen and oxygen atoms in total. The second-order valence-corrected chi connectivity index (χ2v) is 7.59. The Morgan fingerprint density at radius 2 is 1.75 bits per heavy atom. The Bertz CT molecular complexity index is 611. The molecule has 1 saturated carbocycles. The summed E-state index contributed by atoms with van der Waals surface area (Å²) in [6.45, 7) is 2.46. The lowest BCUT2D eigenvalue weighted by Crippen LogP contribution is -2.47. The Kier molecular flexibility index (Phi) is 4.30. The molecule has 1 aliphatic carbocycles. The average Bonchev–Trinajstić information content (AvgIpc) is 3.16. The van der Waals surface area contributed by atoms with E-state index in [1.165, 1.54) is 5.56 Å². The van der Waals surface area contributed by atoms with Crippen LogP contribution in [0.15, 0.2) is 30.3 Å². The minimum Gasteiger partial charge on any atom is -0.341 e. The van der Waals surface area contributed by atoms with Gasteiger partial charge in [0, 0.05) is 25.6 Å². The molecule has 128 valence electrons. The van der Waals surface area contributed by atoms with Crippen molar-refractivity contribution >= 4 is 11.8 Å². The first-order valence-electron chi connectivity index (χ1n) is 9.35. The standard InChI is InChI=1S/C20H26N2O2/c23-19(17-8-9-17)22-11-4-7-18(22)20(24)21-12-10-16(14-21)13-15-5-2-1-3-6-15/h1-3,5-6,16-18H,4,7-14H2. The van der Waals surface area contributed by atoms with Crippen molar-refractivity contribution in [1.29, 1.82) is 0 Å². The highest BCUT2D eigenvalue weighted by molar-refractivity contribution is 5.90. The predicted molar refractivity (Wildman–Crippen MR) is 92.3 cm³/mol. The highest BCUT2D eigenvalue weighted by Crippen LogP contribution is 2.34. The van der Waals surface area contributed by atoms with Crippen LogP contribution in [-0.4, -0.2) is 47.3 Å². The third kappa shape index (κ3) is 3.19. The molecule has 0 spiro atoms. The lowest BCUT2D eigenvalue weighted by Gasteiger charge is -2.28. The molecule has 2 aliphatic heterocycles. The van der Waals surface area contributed by atoms with Crippen molar-refractivity contribution in [2.75, 3.05) is 19.6 Å². The number of amides is 2. The minimum absolute atomic E-state index is 0.187. The molecule has 2 unspecified atom stereocenters. The molecule has 2 heterocycles. The summed E-state index contributed by atoms with van der Waals surface area (Å²) in [4.78, 5) is 29.2. The van der Waals surface area contributed by atoms with Crippen molar-refractivity contribution in [3.63, 3.8) is 0 Å². The number of nitrogens with zero attached hydrogens (tertiary/aromatic N) is 2. The summed E-state index contributed by atoms with van der Waals surface area (Å²) in [5.41, 5.74) is 1.35. The van der Waals surface area contributed by atoms with E-state index < -0.39 is 0 Å². The van der Waals surface area contributed by atoms with Crippen molar-refractivity contribution in [2.24, 2.45) is 11.8 Å². The zero-order valence-corrected chi connectivity index (χ0v) is 14.2. The smallest absolute Gasteiger partial charge is 0.245 e. The maximum atomic E-state index is 12.9. The fraction of sp³-hybridized carbons (Fsp3) is 0.600. The van der Waals surface area contributed by atoms with Gasteiger partial charge in [-0.1, -0.05) is 30.3 Å². The van der Waals surface area contributed by atoms with E-state index in [1.807, 2.05) is 15.9 Å². The topological polar surface area (TPSA) is 40.6 Å². The van der Waals surface area contributed by atoms with Crippen LogP contribution in [0.1, 0.15) is 37.7 Å². The zero-order chi connectivity index (χ0) is 16.5. The normalized spacial score (nSPS) is 26.8. The second-order valence-electron chi connectivity index (χ2n) is 7.59. The summed E-state index contributed by atoms with van der Waals surface area (Å²) in [7, 11) is 0. The monoisotopic (exact) mass is 326 g/mol. The lowest BCUT2D eigenvalue weighted by molar-refractivity contribution is -0.143. The van der Waals surface area contributed by atoms with Crippen molar-refractivity contribution in [3.8, 4) is 0 Å². The van der Waals surface area contributed by atoms with Crippen LogP contribution < -0.4 is 0 Å². The summed E-state index contributed by atoms with van der Waals surface area (Å²) >= 11 is 0. The van der Waals surface area contributed by atoms with E-state index >= 15 is 0 Å². The quantitative estimate of drug-likeness (QED) is 0.853. The molecule has 2 amide bonds. The van der Waals surface area contributed by atoms with E-state index in [9.17, 15) is 9.59 Å². The molecular formula is C20H26N2O2. The van der Waals surface area contributed by atoms with Gasteiger partial charge in [0.1, 0.15) is 6.04 Å². The molecule has 4 heteroatoms. The second kappa shape index (κ2) is 6.58. The van der Waals surface area contributed by atoms with E-state index in [0.717, 1.165) is 58.2 Å². The third-order valence-corrected chi connectivity index (χ3v) is 5.71. The van der Waals surface area contributed by atoms with Crippen LogP contribution >= 0.6 is 0 Å². The van der Waals surface area contributed by atoms with Crippen LogP contribution in [-0.2, 0) is 16.0 Å². The molecule has 0 aromatic heterocycles. The number of hydrogen-bond donors (Lipinski definition) is 0. The highest BCUT2D eigenvalue weighted by atomic mass is 16.2. The van der Waals surface area contributed by atoms with Gasteiger partial charge in [-0.05, 0) is 50.0 Å². The van der Waals surface area contributed by atoms with Gasteiger partial charge < -0.3 is 9.80 Å². The summed E-state index contributed by atoms with van der Waals surface area (Å²) in [5.74, 6) is 1.18. The van der Waals surface area contributed by atoms with Crippen molar-refractivity contribution < 1.29 is 9.59 Å². The molecule has 1 aromatic carbocycles. The van der Waals surface area contributed by atoms with Gasteiger partial charge in [0.15, 0.2) is 0 Å². The number of likely N-dealkylation sites (tertiary alicyclic amines) is 2. The molecule has 3 aliphatic rings. The molecule has 2 atom stereocenters. The SMILES string of the molecule is O=C(C1CCCN1C(=O)C1CC1)N1CCC(Cc2ccccc2)C1. The van der Waals surface area contributed by atoms with Gasteiger partial charge in [-0.25, -0.2) is 0 Å². The molecule has 3 fully saturated rings. The average molecular weight is 326 g/mol. The van der Waals surface area contributed by atoms with Crippen molar-refractivity contribution in [2.45, 2.75) is 44.6 Å². The van der Waals surface area contributed by atoms with Crippen molar-refractivity contribution in [1.82, 2.24) is 9.80 Å². The lowest BCUT2D eigenvalue weighted by atomic mass is 9.99. The van der Waals surface area contributed by atoms with Crippen LogP contribution in [0.3, 0.4) is 0 Å². The maximum Gasteiger partial charge on any atom is 0.245 e. The van der Waals surface area contributed by atoms with Gasteiger partial charge in [-0.3, -0.25) is 9.59 Å². The van der Waals surface area contributed by atoms with Crippen LogP contribution in [0.4, 0.5) is 0 Å². The van der Waals surface area contributed by atoms with E-state index in [4.69, 9.17) is 0 Å².